The fourth-order valence-corrected chi connectivity index (χ4v) is 9.11. The van der Waals surface area contributed by atoms with Crippen LogP contribution in [0.15, 0.2) is 11.6 Å². The topological polar surface area (TPSA) is 151 Å². The van der Waals surface area contributed by atoms with Crippen LogP contribution in [-0.4, -0.2) is 74.3 Å². The number of allylic oxidation sites excluding steroid dienone is 1. The van der Waals surface area contributed by atoms with E-state index < -0.39 is 76.5 Å². The number of Topliss-reactive ketones (excluding diaryl/α,β-unsaturated/α-hetero) is 1. The van der Waals surface area contributed by atoms with E-state index in [4.69, 9.17) is 9.47 Å². The predicted octanol–water partition coefficient (Wildman–Crippen LogP) is 1.39. The normalized spacial score (nSPS) is 46.0. The molecule has 2 aliphatic heterocycles. The predicted molar refractivity (Wildman–Crippen MR) is 134 cm³/mol. The van der Waals surface area contributed by atoms with Crippen LogP contribution in [0.5, 0.6) is 0 Å². The Kier molecular flexibility index (Phi) is 6.56. The number of carbonyl (C=O) groups is 3. The quantitative estimate of drug-likeness (QED) is 0.371. The number of ketones is 2. The summed E-state index contributed by atoms with van der Waals surface area (Å²) >= 11 is 0. The van der Waals surface area contributed by atoms with Crippen LogP contribution in [0, 0.1) is 52.8 Å². The number of esters is 1. The van der Waals surface area contributed by atoms with Crippen molar-refractivity contribution in [2.45, 2.75) is 90.5 Å². The van der Waals surface area contributed by atoms with Crippen molar-refractivity contribution in [3.05, 3.63) is 11.6 Å². The Morgan fingerprint density at radius 2 is 1.82 bits per heavy atom. The molecule has 0 aromatic heterocycles. The third-order valence-corrected chi connectivity index (χ3v) is 11.1. The van der Waals surface area contributed by atoms with Crippen molar-refractivity contribution >= 4 is 17.5 Å². The van der Waals surface area contributed by atoms with E-state index in [0.717, 1.165) is 5.57 Å². The molecule has 212 valence electrons. The Hall–Kier alpha value is -1.65. The van der Waals surface area contributed by atoms with Crippen LogP contribution in [0.3, 0.4) is 0 Å². The van der Waals surface area contributed by atoms with Gasteiger partial charge >= 0.3 is 5.97 Å². The number of ether oxygens (including phenoxy) is 2. The fourth-order valence-electron chi connectivity index (χ4n) is 9.11. The number of hydrogen-bond donors (Lipinski definition) is 4. The summed E-state index contributed by atoms with van der Waals surface area (Å²) < 4.78 is 12.0. The Bertz CT molecular complexity index is 1060. The maximum absolute atomic E-state index is 13.5. The molecule has 0 aromatic carbocycles. The van der Waals surface area contributed by atoms with Crippen LogP contribution in [-0.2, 0) is 23.9 Å². The molecule has 4 fully saturated rings. The molecular formula is C29H42O9. The largest absolute Gasteiger partial charge is 0.461 e. The Morgan fingerprint density at radius 1 is 1.18 bits per heavy atom. The molecule has 5 rings (SSSR count). The van der Waals surface area contributed by atoms with E-state index in [9.17, 15) is 34.8 Å². The fraction of sp³-hybridized carbons (Fsp3) is 0.828. The summed E-state index contributed by atoms with van der Waals surface area (Å²) in [5, 5.41) is 45.5. The van der Waals surface area contributed by atoms with Crippen LogP contribution in [0.4, 0.5) is 0 Å². The van der Waals surface area contributed by atoms with E-state index in [2.05, 4.69) is 0 Å². The number of aliphatic hydroxyl groups excluding tert-OH is 2. The lowest BCUT2D eigenvalue weighted by atomic mass is 9.41. The lowest BCUT2D eigenvalue weighted by Gasteiger charge is -2.65. The van der Waals surface area contributed by atoms with Gasteiger partial charge in [-0.05, 0) is 49.0 Å². The van der Waals surface area contributed by atoms with Gasteiger partial charge in [0.25, 0.3) is 0 Å². The van der Waals surface area contributed by atoms with Gasteiger partial charge in [0.2, 0.25) is 0 Å². The van der Waals surface area contributed by atoms with Gasteiger partial charge in [0.1, 0.15) is 24.1 Å². The van der Waals surface area contributed by atoms with Gasteiger partial charge in [0.05, 0.1) is 18.1 Å². The monoisotopic (exact) mass is 534 g/mol. The molecule has 11 atom stereocenters. The van der Waals surface area contributed by atoms with Gasteiger partial charge in [-0.15, -0.1) is 0 Å². The summed E-state index contributed by atoms with van der Waals surface area (Å²) in [5.41, 5.74) is -1.47. The Labute approximate surface area is 223 Å². The second-order valence-corrected chi connectivity index (χ2v) is 13.4. The van der Waals surface area contributed by atoms with Crippen LogP contribution in [0.2, 0.25) is 0 Å². The van der Waals surface area contributed by atoms with E-state index in [-0.39, 0.29) is 43.0 Å². The third-order valence-electron chi connectivity index (χ3n) is 11.1. The maximum atomic E-state index is 13.5. The highest BCUT2D eigenvalue weighted by Crippen LogP contribution is 2.71. The molecular weight excluding hydrogens is 492 g/mol. The zero-order chi connectivity index (χ0) is 28.1. The first kappa shape index (κ1) is 27.9. The molecule has 4 N–H and O–H groups in total. The molecule has 9 heteroatoms. The Morgan fingerprint density at radius 3 is 2.42 bits per heavy atom. The van der Waals surface area contributed by atoms with Gasteiger partial charge in [-0.25, -0.2) is 0 Å². The highest BCUT2D eigenvalue weighted by Gasteiger charge is 2.80. The molecule has 1 spiro atoms. The van der Waals surface area contributed by atoms with Gasteiger partial charge in [0.15, 0.2) is 11.6 Å². The molecule has 9 nitrogen and oxygen atoms in total. The van der Waals surface area contributed by atoms with E-state index in [1.165, 1.54) is 6.08 Å². The van der Waals surface area contributed by atoms with Crippen LogP contribution in [0.25, 0.3) is 0 Å². The summed E-state index contributed by atoms with van der Waals surface area (Å²) in [6.07, 6.45) is -1.95. The molecule has 38 heavy (non-hydrogen) atoms. The molecule has 0 amide bonds. The van der Waals surface area contributed by atoms with Gasteiger partial charge in [0, 0.05) is 30.1 Å². The molecule has 0 aromatic rings. The van der Waals surface area contributed by atoms with Crippen molar-refractivity contribution in [2.24, 2.45) is 52.8 Å². The van der Waals surface area contributed by atoms with E-state index >= 15 is 0 Å². The second kappa shape index (κ2) is 8.93. The SMILES string of the molecule is CC1=CC(=O)[C@@H](O)[C@@H]2C3[C@]45CO[C@]3(O)[C@H](O)[C@H](C)C4C(CC(=O)CC(O)(C(C)C)C(C)C)C(=O)O[C@@H]5C[C@@H]12. The zero-order valence-electron chi connectivity index (χ0n) is 23.1. The smallest absolute Gasteiger partial charge is 0.309 e. The first-order chi connectivity index (χ1) is 17.6. The van der Waals surface area contributed by atoms with Gasteiger partial charge < -0.3 is 29.9 Å². The van der Waals surface area contributed by atoms with Crippen molar-refractivity contribution in [1.29, 1.82) is 0 Å². The number of hydrogen-bond acceptors (Lipinski definition) is 9. The highest BCUT2D eigenvalue weighted by molar-refractivity contribution is 5.95. The molecule has 0 radical (unpaired) electrons. The first-order valence-corrected chi connectivity index (χ1v) is 14.0. The summed E-state index contributed by atoms with van der Waals surface area (Å²) in [6, 6.07) is 0. The van der Waals surface area contributed by atoms with Crippen molar-refractivity contribution < 1.29 is 44.3 Å². The van der Waals surface area contributed by atoms with Gasteiger partial charge in [-0.1, -0.05) is 40.2 Å². The number of aliphatic hydroxyl groups is 4. The molecule has 3 unspecified atom stereocenters. The Balaban J connectivity index is 1.56. The summed E-state index contributed by atoms with van der Waals surface area (Å²) in [7, 11) is 0. The summed E-state index contributed by atoms with van der Waals surface area (Å²) in [4.78, 5) is 39.7. The van der Waals surface area contributed by atoms with E-state index in [1.54, 1.807) is 13.8 Å². The highest BCUT2D eigenvalue weighted by atomic mass is 16.6. The van der Waals surface area contributed by atoms with Crippen molar-refractivity contribution in [3.63, 3.8) is 0 Å². The molecule has 5 aliphatic rings. The molecule has 2 saturated carbocycles. The standard InChI is InChI=1S/C29H42O9/c1-12(2)28(35,13(3)4)10-16(30)8-18-22-15(6)25(33)29(36)24-21-17(14(5)7-19(31)23(21)32)9-20(38-26(18)34)27(22,24)11-37-29/h7,12-13,15,17-18,20-25,32-33,35-36H,8-11H2,1-6H3/t15-,17+,18?,20-,21-,22?,23-,24?,25-,27+,29+/m1/s1. The van der Waals surface area contributed by atoms with Crippen molar-refractivity contribution in [3.8, 4) is 0 Å². The third kappa shape index (κ3) is 3.51. The zero-order valence-corrected chi connectivity index (χ0v) is 23.1. The minimum atomic E-state index is -2.02. The van der Waals surface area contributed by atoms with Crippen molar-refractivity contribution in [1.82, 2.24) is 0 Å². The summed E-state index contributed by atoms with van der Waals surface area (Å²) in [5.74, 6) is -7.67. The average Bonchev–Trinajstić information content (AvgIpc) is 3.11. The maximum Gasteiger partial charge on any atom is 0.309 e. The average molecular weight is 535 g/mol. The lowest BCUT2D eigenvalue weighted by Crippen LogP contribution is -2.74. The van der Waals surface area contributed by atoms with E-state index in [1.807, 2.05) is 27.7 Å². The minimum Gasteiger partial charge on any atom is -0.461 e. The molecule has 3 aliphatic carbocycles. The molecule has 2 heterocycles. The second-order valence-electron chi connectivity index (χ2n) is 13.4. The van der Waals surface area contributed by atoms with Gasteiger partial charge in [-0.3, -0.25) is 14.4 Å². The minimum absolute atomic E-state index is 0.0162. The number of fused-ring (bicyclic) bond motifs is 1. The lowest BCUT2D eigenvalue weighted by molar-refractivity contribution is -0.320. The molecule has 2 saturated heterocycles. The first-order valence-electron chi connectivity index (χ1n) is 14.0. The van der Waals surface area contributed by atoms with Crippen LogP contribution < -0.4 is 0 Å². The van der Waals surface area contributed by atoms with E-state index in [0.29, 0.717) is 6.42 Å². The van der Waals surface area contributed by atoms with Crippen LogP contribution >= 0.6 is 0 Å². The summed E-state index contributed by atoms with van der Waals surface area (Å²) in [6.45, 7) is 11.0. The molecule has 2 bridgehead atoms. The van der Waals surface area contributed by atoms with Crippen molar-refractivity contribution in [2.75, 3.05) is 6.61 Å². The van der Waals surface area contributed by atoms with Crippen LogP contribution in [0.1, 0.15) is 60.8 Å². The number of rotatable bonds is 6. The number of carbonyl (C=O) groups excluding carboxylic acids is 3. The van der Waals surface area contributed by atoms with Gasteiger partial charge in [-0.2, -0.15) is 0 Å².